The Labute approximate surface area is 322 Å². The fourth-order valence-corrected chi connectivity index (χ4v) is 9.22. The van der Waals surface area contributed by atoms with Gasteiger partial charge >= 0.3 is 0 Å². The molecule has 258 valence electrons. The van der Waals surface area contributed by atoms with E-state index in [0.29, 0.717) is 0 Å². The standard InChI is InChI=1S/C52H33NOS/c1-3-9-34(10-4-1)36-15-22-41(23-16-36)53(42-24-17-37(18-25-42)35-11-5-2-6-12-35)43-26-29-48-47(33-43)52-44-27-19-38(31-40(44)20-28-49(52)54-48)39-21-30-51-46(32-39)45-13-7-8-14-50(45)55-51/h1-33H. The van der Waals surface area contributed by atoms with Crippen LogP contribution in [0.1, 0.15) is 0 Å². The van der Waals surface area contributed by atoms with Gasteiger partial charge in [0.05, 0.1) is 0 Å². The van der Waals surface area contributed by atoms with Crippen LogP contribution in [0.4, 0.5) is 17.1 Å². The van der Waals surface area contributed by atoms with Crippen LogP contribution in [0.25, 0.3) is 86.3 Å². The molecular weight excluding hydrogens is 687 g/mol. The van der Waals surface area contributed by atoms with Gasteiger partial charge in [0.25, 0.3) is 0 Å². The van der Waals surface area contributed by atoms with Gasteiger partial charge in [0.1, 0.15) is 11.2 Å². The minimum Gasteiger partial charge on any atom is -0.456 e. The van der Waals surface area contributed by atoms with Crippen molar-refractivity contribution in [1.82, 2.24) is 0 Å². The molecule has 0 radical (unpaired) electrons. The molecular formula is C52H33NOS. The highest BCUT2D eigenvalue weighted by Crippen LogP contribution is 2.43. The average Bonchev–Trinajstić information content (AvgIpc) is 3.83. The van der Waals surface area contributed by atoms with Crippen molar-refractivity contribution in [1.29, 1.82) is 0 Å². The predicted molar refractivity (Wildman–Crippen MR) is 235 cm³/mol. The highest BCUT2D eigenvalue weighted by Gasteiger charge is 2.18. The Morgan fingerprint density at radius 1 is 0.327 bits per heavy atom. The summed E-state index contributed by atoms with van der Waals surface area (Å²) >= 11 is 1.86. The zero-order chi connectivity index (χ0) is 36.3. The van der Waals surface area contributed by atoms with Gasteiger partial charge in [-0.05, 0) is 117 Å². The van der Waals surface area contributed by atoms with Crippen molar-refractivity contribution in [2.45, 2.75) is 0 Å². The Bertz CT molecular complexity index is 3090. The van der Waals surface area contributed by atoms with Crippen molar-refractivity contribution in [2.24, 2.45) is 0 Å². The summed E-state index contributed by atoms with van der Waals surface area (Å²) in [5.41, 5.74) is 12.2. The van der Waals surface area contributed by atoms with Crippen LogP contribution in [0.3, 0.4) is 0 Å². The van der Waals surface area contributed by atoms with Gasteiger partial charge in [0, 0.05) is 48.0 Å². The Kier molecular flexibility index (Phi) is 7.39. The minimum absolute atomic E-state index is 0.879. The number of hydrogen-bond donors (Lipinski definition) is 0. The van der Waals surface area contributed by atoms with Crippen LogP contribution >= 0.6 is 11.3 Å². The molecule has 9 aromatic carbocycles. The first-order valence-corrected chi connectivity index (χ1v) is 19.5. The van der Waals surface area contributed by atoms with Gasteiger partial charge in [-0.15, -0.1) is 11.3 Å². The van der Waals surface area contributed by atoms with Gasteiger partial charge in [-0.1, -0.05) is 127 Å². The smallest absolute Gasteiger partial charge is 0.136 e. The molecule has 0 bridgehead atoms. The van der Waals surface area contributed by atoms with Crippen LogP contribution in [0.2, 0.25) is 0 Å². The van der Waals surface area contributed by atoms with Crippen LogP contribution in [-0.2, 0) is 0 Å². The summed E-state index contributed by atoms with van der Waals surface area (Å²) < 4.78 is 9.16. The number of furan rings is 1. The minimum atomic E-state index is 0.879. The number of anilines is 3. The van der Waals surface area contributed by atoms with Crippen LogP contribution in [0.15, 0.2) is 205 Å². The maximum absolute atomic E-state index is 6.51. The van der Waals surface area contributed by atoms with E-state index in [1.165, 1.54) is 64.3 Å². The molecule has 0 aliphatic carbocycles. The zero-order valence-electron chi connectivity index (χ0n) is 29.8. The van der Waals surface area contributed by atoms with Crippen molar-refractivity contribution in [2.75, 3.05) is 4.90 Å². The quantitative estimate of drug-likeness (QED) is 0.170. The average molecular weight is 720 g/mol. The van der Waals surface area contributed by atoms with Crippen LogP contribution in [0, 0.1) is 0 Å². The van der Waals surface area contributed by atoms with Crippen LogP contribution < -0.4 is 4.90 Å². The van der Waals surface area contributed by atoms with Gasteiger partial charge in [0.15, 0.2) is 0 Å². The van der Waals surface area contributed by atoms with Crippen molar-refractivity contribution in [3.05, 3.63) is 200 Å². The van der Waals surface area contributed by atoms with E-state index >= 15 is 0 Å². The third-order valence-corrected chi connectivity index (χ3v) is 12.0. The fourth-order valence-electron chi connectivity index (χ4n) is 8.13. The van der Waals surface area contributed by atoms with Crippen molar-refractivity contribution < 1.29 is 4.42 Å². The first kappa shape index (κ1) is 31.6. The highest BCUT2D eigenvalue weighted by atomic mass is 32.1. The Balaban J connectivity index is 1.03. The number of fused-ring (bicyclic) bond motifs is 8. The number of benzene rings is 9. The molecule has 0 saturated heterocycles. The first-order valence-electron chi connectivity index (χ1n) is 18.7. The van der Waals surface area contributed by atoms with E-state index in [1.807, 2.05) is 11.3 Å². The second kappa shape index (κ2) is 12.9. The van der Waals surface area contributed by atoms with Crippen molar-refractivity contribution >= 4 is 81.3 Å². The Morgan fingerprint density at radius 3 is 1.58 bits per heavy atom. The molecule has 2 nitrogen and oxygen atoms in total. The summed E-state index contributed by atoms with van der Waals surface area (Å²) in [7, 11) is 0. The second-order valence-electron chi connectivity index (χ2n) is 14.1. The lowest BCUT2D eigenvalue weighted by Crippen LogP contribution is -2.09. The van der Waals surface area contributed by atoms with E-state index in [1.54, 1.807) is 0 Å². The lowest BCUT2D eigenvalue weighted by molar-refractivity contribution is 0.669. The number of thiophene rings is 1. The van der Waals surface area contributed by atoms with Gasteiger partial charge in [-0.25, -0.2) is 0 Å². The molecule has 11 rings (SSSR count). The van der Waals surface area contributed by atoms with Gasteiger partial charge < -0.3 is 9.32 Å². The Hall–Kier alpha value is -6.94. The van der Waals surface area contributed by atoms with E-state index in [0.717, 1.165) is 39.0 Å². The molecule has 0 aliphatic rings. The van der Waals surface area contributed by atoms with E-state index < -0.39 is 0 Å². The normalized spacial score (nSPS) is 11.6. The van der Waals surface area contributed by atoms with Gasteiger partial charge in [0.2, 0.25) is 0 Å². The molecule has 0 atom stereocenters. The molecule has 0 amide bonds. The van der Waals surface area contributed by atoms with E-state index in [9.17, 15) is 0 Å². The summed E-state index contributed by atoms with van der Waals surface area (Å²) in [5.74, 6) is 0. The molecule has 0 spiro atoms. The highest BCUT2D eigenvalue weighted by molar-refractivity contribution is 7.25. The van der Waals surface area contributed by atoms with E-state index in [2.05, 4.69) is 205 Å². The maximum Gasteiger partial charge on any atom is 0.136 e. The molecule has 2 aromatic heterocycles. The lowest BCUT2D eigenvalue weighted by Gasteiger charge is -2.26. The number of rotatable bonds is 6. The molecule has 0 saturated carbocycles. The molecule has 2 heterocycles. The van der Waals surface area contributed by atoms with E-state index in [-0.39, 0.29) is 0 Å². The fraction of sp³-hybridized carbons (Fsp3) is 0. The summed E-state index contributed by atoms with van der Waals surface area (Å²) in [6, 6.07) is 72.1. The first-order chi connectivity index (χ1) is 27.2. The third kappa shape index (κ3) is 5.48. The predicted octanol–water partition coefficient (Wildman–Crippen LogP) is 15.6. The van der Waals surface area contributed by atoms with Gasteiger partial charge in [-0.2, -0.15) is 0 Å². The summed E-state index contributed by atoms with van der Waals surface area (Å²) in [5, 5.41) is 7.25. The number of hydrogen-bond acceptors (Lipinski definition) is 3. The van der Waals surface area contributed by atoms with Crippen LogP contribution in [-0.4, -0.2) is 0 Å². The van der Waals surface area contributed by atoms with Crippen LogP contribution in [0.5, 0.6) is 0 Å². The summed E-state index contributed by atoms with van der Waals surface area (Å²) in [6.45, 7) is 0. The molecule has 0 unspecified atom stereocenters. The lowest BCUT2D eigenvalue weighted by atomic mass is 9.97. The maximum atomic E-state index is 6.51. The molecule has 0 fully saturated rings. The van der Waals surface area contributed by atoms with Gasteiger partial charge in [-0.3, -0.25) is 0 Å². The van der Waals surface area contributed by atoms with Crippen molar-refractivity contribution in [3.63, 3.8) is 0 Å². The molecule has 0 aliphatic heterocycles. The third-order valence-electron chi connectivity index (χ3n) is 10.9. The topological polar surface area (TPSA) is 16.4 Å². The Morgan fingerprint density at radius 2 is 0.873 bits per heavy atom. The second-order valence-corrected chi connectivity index (χ2v) is 15.2. The molecule has 55 heavy (non-hydrogen) atoms. The summed E-state index contributed by atoms with van der Waals surface area (Å²) in [4.78, 5) is 2.34. The summed E-state index contributed by atoms with van der Waals surface area (Å²) in [6.07, 6.45) is 0. The molecule has 11 aromatic rings. The zero-order valence-corrected chi connectivity index (χ0v) is 30.6. The molecule has 0 N–H and O–H groups in total. The SMILES string of the molecule is c1ccc(-c2ccc(N(c3ccc(-c4ccccc4)cc3)c3ccc4oc5ccc6cc(-c7ccc8sc9ccccc9c8c7)ccc6c5c4c3)cc2)cc1. The van der Waals surface area contributed by atoms with Crippen molar-refractivity contribution in [3.8, 4) is 33.4 Å². The number of nitrogens with zero attached hydrogens (tertiary/aromatic N) is 1. The monoisotopic (exact) mass is 719 g/mol. The molecule has 3 heteroatoms. The largest absolute Gasteiger partial charge is 0.456 e. The van der Waals surface area contributed by atoms with E-state index in [4.69, 9.17) is 4.42 Å².